The number of rotatable bonds is 4. The van der Waals surface area contributed by atoms with Gasteiger partial charge in [0, 0.05) is 57.8 Å². The molecule has 0 spiro atoms. The molecule has 0 amide bonds. The van der Waals surface area contributed by atoms with Crippen LogP contribution in [0, 0.1) is 11.3 Å². The summed E-state index contributed by atoms with van der Waals surface area (Å²) < 4.78 is 6.68. The minimum absolute atomic E-state index is 0.635. The van der Waals surface area contributed by atoms with Crippen molar-refractivity contribution in [2.75, 3.05) is 0 Å². The molecule has 3 aromatic heterocycles. The first kappa shape index (κ1) is 22.7. The molecule has 4 heteroatoms. The predicted octanol–water partition coefficient (Wildman–Crippen LogP) is 8.92. The molecule has 0 atom stereocenters. The Kier molecular flexibility index (Phi) is 5.46. The van der Waals surface area contributed by atoms with Gasteiger partial charge in [-0.2, -0.15) is 5.26 Å². The summed E-state index contributed by atoms with van der Waals surface area (Å²) in [5, 5.41) is 11.3. The molecule has 4 nitrogen and oxygen atoms in total. The number of furan rings is 1. The van der Waals surface area contributed by atoms with Gasteiger partial charge < -0.3 is 4.42 Å². The summed E-state index contributed by atoms with van der Waals surface area (Å²) in [5.41, 5.74) is 10.6. The molecule has 0 aliphatic heterocycles. The first-order valence-corrected chi connectivity index (χ1v) is 12.7. The molecule has 0 aliphatic carbocycles. The van der Waals surface area contributed by atoms with Gasteiger partial charge in [-0.1, -0.05) is 60.7 Å². The number of benzene rings is 4. The van der Waals surface area contributed by atoms with Crippen LogP contribution in [0.1, 0.15) is 5.56 Å². The van der Waals surface area contributed by atoms with Crippen LogP contribution in [0.25, 0.3) is 66.4 Å². The minimum atomic E-state index is 0.635. The first-order valence-electron chi connectivity index (χ1n) is 12.7. The summed E-state index contributed by atoms with van der Waals surface area (Å²) in [6.07, 6.45) is 7.35. The maximum absolute atomic E-state index is 9.21. The van der Waals surface area contributed by atoms with Gasteiger partial charge in [-0.25, -0.2) is 0 Å². The summed E-state index contributed by atoms with van der Waals surface area (Å²) in [4.78, 5) is 8.69. The third-order valence-corrected chi connectivity index (χ3v) is 7.08. The molecule has 0 saturated carbocycles. The van der Waals surface area contributed by atoms with Gasteiger partial charge in [0.25, 0.3) is 0 Å². The van der Waals surface area contributed by atoms with Crippen LogP contribution in [-0.4, -0.2) is 9.97 Å². The lowest BCUT2D eigenvalue weighted by Gasteiger charge is -2.11. The number of pyridine rings is 2. The van der Waals surface area contributed by atoms with E-state index < -0.39 is 0 Å². The molecule has 7 rings (SSSR count). The van der Waals surface area contributed by atoms with Gasteiger partial charge in [-0.3, -0.25) is 9.97 Å². The Bertz CT molecular complexity index is 1940. The monoisotopic (exact) mass is 499 g/mol. The zero-order chi connectivity index (χ0) is 26.2. The lowest BCUT2D eigenvalue weighted by atomic mass is 9.93. The molecule has 7 aromatic rings. The molecule has 0 N–H and O–H groups in total. The number of aromatic nitrogens is 2. The fraction of sp³-hybridized carbons (Fsp3) is 0. The largest absolute Gasteiger partial charge is 0.455 e. The van der Waals surface area contributed by atoms with Crippen molar-refractivity contribution in [3.8, 4) is 50.6 Å². The van der Waals surface area contributed by atoms with E-state index in [4.69, 9.17) is 4.42 Å². The Hall–Kier alpha value is -5.53. The second-order valence-corrected chi connectivity index (χ2v) is 9.44. The van der Waals surface area contributed by atoms with Crippen LogP contribution in [-0.2, 0) is 0 Å². The van der Waals surface area contributed by atoms with Crippen LogP contribution in [0.2, 0.25) is 0 Å². The molecular formula is C35H21N3O. The summed E-state index contributed by atoms with van der Waals surface area (Å²) >= 11 is 0. The molecule has 0 saturated heterocycles. The molecule has 4 aromatic carbocycles. The Morgan fingerprint density at radius 1 is 0.513 bits per heavy atom. The van der Waals surface area contributed by atoms with E-state index in [-0.39, 0.29) is 0 Å². The smallest absolute Gasteiger partial charge is 0.143 e. The summed E-state index contributed by atoms with van der Waals surface area (Å²) in [5.74, 6) is 0. The SMILES string of the molecule is N#Cc1ccc(-c2cccc3c2oc2c(-c4cc(-c5cccnc5)cc(-c5cccnc5)c4)cccc23)cc1. The average Bonchev–Trinajstić information content (AvgIpc) is 3.41. The van der Waals surface area contributed by atoms with Gasteiger partial charge in [0.1, 0.15) is 11.2 Å². The van der Waals surface area contributed by atoms with Crippen molar-refractivity contribution in [3.63, 3.8) is 0 Å². The Balaban J connectivity index is 1.46. The second kappa shape index (κ2) is 9.41. The molecule has 0 unspecified atom stereocenters. The van der Waals surface area contributed by atoms with Gasteiger partial charge in [0.15, 0.2) is 0 Å². The van der Waals surface area contributed by atoms with E-state index in [0.29, 0.717) is 5.56 Å². The fourth-order valence-electron chi connectivity index (χ4n) is 5.18. The Morgan fingerprint density at radius 3 is 1.56 bits per heavy atom. The predicted molar refractivity (Wildman–Crippen MR) is 156 cm³/mol. The highest BCUT2D eigenvalue weighted by Crippen LogP contribution is 2.41. The van der Waals surface area contributed by atoms with E-state index in [9.17, 15) is 5.26 Å². The van der Waals surface area contributed by atoms with Gasteiger partial charge in [-0.15, -0.1) is 0 Å². The molecule has 0 fully saturated rings. The molecule has 182 valence electrons. The third kappa shape index (κ3) is 4.03. The van der Waals surface area contributed by atoms with Gasteiger partial charge >= 0.3 is 0 Å². The Labute approximate surface area is 225 Å². The van der Waals surface area contributed by atoms with Crippen LogP contribution in [0.15, 0.2) is 132 Å². The number of fused-ring (bicyclic) bond motifs is 3. The molecule has 39 heavy (non-hydrogen) atoms. The standard InChI is InChI=1S/C35H21N3O/c36-20-23-11-13-24(14-12-23)30-7-1-9-32-33-10-2-8-31(35(33)39-34(30)32)29-18-27(25-5-3-15-37-21-25)17-28(19-29)26-6-4-16-38-22-26/h1-19,21-22H. The van der Waals surface area contributed by atoms with E-state index in [2.05, 4.69) is 82.8 Å². The van der Waals surface area contributed by atoms with Crippen LogP contribution >= 0.6 is 0 Å². The van der Waals surface area contributed by atoms with Crippen LogP contribution in [0.4, 0.5) is 0 Å². The normalized spacial score (nSPS) is 11.1. The van der Waals surface area contributed by atoms with E-state index >= 15 is 0 Å². The molecular weight excluding hydrogens is 478 g/mol. The lowest BCUT2D eigenvalue weighted by Crippen LogP contribution is -1.87. The maximum atomic E-state index is 9.21. The third-order valence-electron chi connectivity index (χ3n) is 7.08. The zero-order valence-corrected chi connectivity index (χ0v) is 20.9. The summed E-state index contributed by atoms with van der Waals surface area (Å²) in [7, 11) is 0. The highest BCUT2D eigenvalue weighted by atomic mass is 16.3. The van der Waals surface area contributed by atoms with Crippen molar-refractivity contribution in [2.24, 2.45) is 0 Å². The van der Waals surface area contributed by atoms with Gasteiger partial charge in [-0.05, 0) is 64.7 Å². The van der Waals surface area contributed by atoms with E-state index in [1.165, 1.54) is 0 Å². The number of hydrogen-bond donors (Lipinski definition) is 0. The highest BCUT2D eigenvalue weighted by Gasteiger charge is 2.17. The van der Waals surface area contributed by atoms with Crippen molar-refractivity contribution < 1.29 is 4.42 Å². The van der Waals surface area contributed by atoms with E-state index in [0.717, 1.165) is 66.4 Å². The molecule has 0 bridgehead atoms. The Morgan fingerprint density at radius 2 is 1.05 bits per heavy atom. The number of nitriles is 1. The van der Waals surface area contributed by atoms with Crippen molar-refractivity contribution >= 4 is 21.9 Å². The second-order valence-electron chi connectivity index (χ2n) is 9.44. The molecule has 0 aliphatic rings. The maximum Gasteiger partial charge on any atom is 0.143 e. The van der Waals surface area contributed by atoms with Crippen LogP contribution in [0.3, 0.4) is 0 Å². The van der Waals surface area contributed by atoms with E-state index in [1.54, 1.807) is 12.4 Å². The lowest BCUT2D eigenvalue weighted by molar-refractivity contribution is 0.671. The molecule has 0 radical (unpaired) electrons. The topological polar surface area (TPSA) is 62.7 Å². The highest BCUT2D eigenvalue weighted by molar-refractivity contribution is 6.13. The quantitative estimate of drug-likeness (QED) is 0.242. The number of hydrogen-bond acceptors (Lipinski definition) is 4. The molecule has 3 heterocycles. The van der Waals surface area contributed by atoms with Crippen molar-refractivity contribution in [2.45, 2.75) is 0 Å². The van der Waals surface area contributed by atoms with Crippen LogP contribution < -0.4 is 0 Å². The minimum Gasteiger partial charge on any atom is -0.455 e. The zero-order valence-electron chi connectivity index (χ0n) is 20.9. The van der Waals surface area contributed by atoms with Crippen molar-refractivity contribution in [1.82, 2.24) is 9.97 Å². The van der Waals surface area contributed by atoms with Crippen LogP contribution in [0.5, 0.6) is 0 Å². The van der Waals surface area contributed by atoms with Gasteiger partial charge in [0.05, 0.1) is 11.6 Å². The number of para-hydroxylation sites is 2. The fourth-order valence-corrected chi connectivity index (χ4v) is 5.18. The first-order chi connectivity index (χ1) is 19.3. The van der Waals surface area contributed by atoms with Crippen molar-refractivity contribution in [3.05, 3.63) is 133 Å². The number of nitrogens with zero attached hydrogens (tertiary/aromatic N) is 3. The van der Waals surface area contributed by atoms with Crippen molar-refractivity contribution in [1.29, 1.82) is 5.26 Å². The summed E-state index contributed by atoms with van der Waals surface area (Å²) in [6, 6.07) is 37.0. The summed E-state index contributed by atoms with van der Waals surface area (Å²) in [6.45, 7) is 0. The van der Waals surface area contributed by atoms with Gasteiger partial charge in [0.2, 0.25) is 0 Å². The average molecular weight is 500 g/mol. The van der Waals surface area contributed by atoms with E-state index in [1.807, 2.05) is 48.8 Å².